The zero-order chi connectivity index (χ0) is 16.6. The zero-order valence-corrected chi connectivity index (χ0v) is 15.0. The lowest BCUT2D eigenvalue weighted by Gasteiger charge is -2.65. The molecule has 0 heterocycles. The van der Waals surface area contributed by atoms with E-state index in [1.807, 2.05) is 0 Å². The molecule has 0 aliphatic heterocycles. The molecule has 4 rings (SSSR count). The molecule has 4 aliphatic carbocycles. The molecule has 0 bridgehead atoms. The second kappa shape index (κ2) is 4.95. The third-order valence-electron chi connectivity index (χ3n) is 9.31. The van der Waals surface area contributed by atoms with E-state index in [-0.39, 0.29) is 5.41 Å². The van der Waals surface area contributed by atoms with Gasteiger partial charge in [-0.15, -0.1) is 0 Å². The van der Waals surface area contributed by atoms with Crippen molar-refractivity contribution in [1.29, 1.82) is 0 Å². The molecule has 4 saturated carbocycles. The molecule has 4 fully saturated rings. The van der Waals surface area contributed by atoms with Crippen molar-refractivity contribution < 1.29 is 15.3 Å². The summed E-state index contributed by atoms with van der Waals surface area (Å²) < 4.78 is 0. The fraction of sp³-hybridized carbons (Fsp3) is 1.00. The molecule has 0 aromatic rings. The van der Waals surface area contributed by atoms with Crippen LogP contribution < -0.4 is 0 Å². The minimum absolute atomic E-state index is 0.234. The highest BCUT2D eigenvalue weighted by Gasteiger charge is 2.66. The van der Waals surface area contributed by atoms with E-state index in [9.17, 15) is 15.3 Å². The van der Waals surface area contributed by atoms with E-state index < -0.39 is 17.8 Å². The van der Waals surface area contributed by atoms with Gasteiger partial charge in [0.15, 0.2) is 0 Å². The monoisotopic (exact) mass is 322 g/mol. The topological polar surface area (TPSA) is 60.7 Å². The Labute approximate surface area is 140 Å². The van der Waals surface area contributed by atoms with Crippen molar-refractivity contribution in [2.24, 2.45) is 34.5 Å². The van der Waals surface area contributed by atoms with Crippen molar-refractivity contribution in [3.63, 3.8) is 0 Å². The predicted molar refractivity (Wildman–Crippen MR) is 89.7 cm³/mol. The summed E-state index contributed by atoms with van der Waals surface area (Å²) in [5.41, 5.74) is -0.896. The number of aliphatic hydroxyl groups is 3. The number of hydrogen-bond acceptors (Lipinski definition) is 3. The zero-order valence-electron chi connectivity index (χ0n) is 15.0. The average Bonchev–Trinajstić information content (AvgIpc) is 2.79. The van der Waals surface area contributed by atoms with Gasteiger partial charge < -0.3 is 15.3 Å². The lowest BCUT2D eigenvalue weighted by atomic mass is 9.42. The highest BCUT2D eigenvalue weighted by Crippen LogP contribution is 2.68. The normalized spacial score (nSPS) is 62.3. The molecule has 0 spiro atoms. The Bertz CT molecular complexity index is 493. The van der Waals surface area contributed by atoms with Crippen LogP contribution in [0.4, 0.5) is 0 Å². The summed E-state index contributed by atoms with van der Waals surface area (Å²) in [5, 5.41) is 32.4. The summed E-state index contributed by atoms with van der Waals surface area (Å²) in [4.78, 5) is 0. The Morgan fingerprint density at radius 3 is 2.39 bits per heavy atom. The van der Waals surface area contributed by atoms with E-state index in [2.05, 4.69) is 20.8 Å². The van der Waals surface area contributed by atoms with Gasteiger partial charge in [0.25, 0.3) is 0 Å². The summed E-state index contributed by atoms with van der Waals surface area (Å²) >= 11 is 0. The maximum absolute atomic E-state index is 11.4. The van der Waals surface area contributed by atoms with Crippen LogP contribution in [0.3, 0.4) is 0 Å². The van der Waals surface area contributed by atoms with Crippen LogP contribution in [0.2, 0.25) is 0 Å². The molecule has 4 aliphatic rings. The van der Waals surface area contributed by atoms with Gasteiger partial charge in [-0.25, -0.2) is 0 Å². The summed E-state index contributed by atoms with van der Waals surface area (Å²) in [7, 11) is 0. The number of hydrogen-bond donors (Lipinski definition) is 3. The van der Waals surface area contributed by atoms with Crippen molar-refractivity contribution in [2.45, 2.75) is 89.9 Å². The fourth-order valence-electron chi connectivity index (χ4n) is 7.52. The van der Waals surface area contributed by atoms with E-state index in [0.29, 0.717) is 29.6 Å². The Morgan fingerprint density at radius 1 is 0.913 bits per heavy atom. The SMILES string of the molecule is CC1CCC2C3CC(O)[C@@]4(O)CC(O)CCC4(C)C3CCC12C. The van der Waals surface area contributed by atoms with Crippen molar-refractivity contribution in [3.05, 3.63) is 0 Å². The average molecular weight is 322 g/mol. The van der Waals surface area contributed by atoms with Gasteiger partial charge in [0.2, 0.25) is 0 Å². The van der Waals surface area contributed by atoms with E-state index in [1.54, 1.807) is 0 Å². The minimum atomic E-state index is -1.09. The highest BCUT2D eigenvalue weighted by atomic mass is 16.3. The quantitative estimate of drug-likeness (QED) is 0.642. The first-order chi connectivity index (χ1) is 10.7. The summed E-state index contributed by atoms with van der Waals surface area (Å²) in [5.74, 6) is 2.55. The van der Waals surface area contributed by atoms with Gasteiger partial charge in [0, 0.05) is 11.8 Å². The van der Waals surface area contributed by atoms with E-state index in [1.165, 1.54) is 25.7 Å². The van der Waals surface area contributed by atoms with Crippen LogP contribution in [0.25, 0.3) is 0 Å². The highest BCUT2D eigenvalue weighted by molar-refractivity contribution is 5.16. The van der Waals surface area contributed by atoms with E-state index in [4.69, 9.17) is 0 Å². The lowest BCUT2D eigenvalue weighted by molar-refractivity contribution is -0.264. The van der Waals surface area contributed by atoms with Crippen molar-refractivity contribution in [2.75, 3.05) is 0 Å². The van der Waals surface area contributed by atoms with Gasteiger partial charge in [0.05, 0.1) is 17.8 Å². The van der Waals surface area contributed by atoms with Crippen molar-refractivity contribution in [1.82, 2.24) is 0 Å². The lowest BCUT2D eigenvalue weighted by Crippen LogP contribution is -2.68. The smallest absolute Gasteiger partial charge is 0.0985 e. The molecule has 132 valence electrons. The number of rotatable bonds is 0. The summed E-state index contributed by atoms with van der Waals surface area (Å²) in [6.45, 7) is 7.10. The molecule has 0 aromatic heterocycles. The first-order valence-electron chi connectivity index (χ1n) is 9.81. The van der Waals surface area contributed by atoms with Crippen LogP contribution in [-0.2, 0) is 0 Å². The molecule has 9 atom stereocenters. The molecule has 0 saturated heterocycles. The standard InChI is InChI=1S/C20H34O3/c1-12-4-5-15-14-10-17(22)20(23)11-13(21)6-9-19(20,3)16(14)7-8-18(12,15)2/h12-17,21-23H,4-11H2,1-3H3/t12?,13?,14?,15?,16?,17?,18?,19?,20-/m0/s1. The van der Waals surface area contributed by atoms with Crippen LogP contribution in [-0.4, -0.2) is 33.1 Å². The largest absolute Gasteiger partial charge is 0.393 e. The van der Waals surface area contributed by atoms with Gasteiger partial charge >= 0.3 is 0 Å². The fourth-order valence-corrected chi connectivity index (χ4v) is 7.52. The molecule has 0 radical (unpaired) electrons. The van der Waals surface area contributed by atoms with E-state index >= 15 is 0 Å². The maximum Gasteiger partial charge on any atom is 0.0985 e. The molecule has 3 N–H and O–H groups in total. The third-order valence-corrected chi connectivity index (χ3v) is 9.31. The summed E-state index contributed by atoms with van der Waals surface area (Å²) in [6, 6.07) is 0. The van der Waals surface area contributed by atoms with Gasteiger partial charge in [-0.2, -0.15) is 0 Å². The van der Waals surface area contributed by atoms with Gasteiger partial charge in [-0.05, 0) is 74.0 Å². The molecule has 3 nitrogen and oxygen atoms in total. The predicted octanol–water partition coefficient (Wildman–Crippen LogP) is 3.11. The second-order valence-electron chi connectivity index (χ2n) is 9.89. The first kappa shape index (κ1) is 16.4. The van der Waals surface area contributed by atoms with Gasteiger partial charge in [-0.1, -0.05) is 20.8 Å². The summed E-state index contributed by atoms with van der Waals surface area (Å²) in [6.07, 6.45) is 6.63. The van der Waals surface area contributed by atoms with Crippen LogP contribution >= 0.6 is 0 Å². The van der Waals surface area contributed by atoms with Crippen molar-refractivity contribution >= 4 is 0 Å². The van der Waals surface area contributed by atoms with Crippen LogP contribution in [0.1, 0.15) is 72.1 Å². The molecule has 23 heavy (non-hydrogen) atoms. The van der Waals surface area contributed by atoms with Crippen LogP contribution in [0.5, 0.6) is 0 Å². The number of fused-ring (bicyclic) bond motifs is 5. The van der Waals surface area contributed by atoms with Gasteiger partial charge in [-0.3, -0.25) is 0 Å². The molecule has 3 heteroatoms. The Balaban J connectivity index is 1.71. The minimum Gasteiger partial charge on any atom is -0.393 e. The molecule has 0 aromatic carbocycles. The molecular formula is C20H34O3. The maximum atomic E-state index is 11.4. The number of aliphatic hydroxyl groups excluding tert-OH is 2. The Hall–Kier alpha value is -0.120. The van der Waals surface area contributed by atoms with Crippen molar-refractivity contribution in [3.8, 4) is 0 Å². The van der Waals surface area contributed by atoms with Crippen LogP contribution in [0.15, 0.2) is 0 Å². The molecular weight excluding hydrogens is 288 g/mol. The van der Waals surface area contributed by atoms with E-state index in [0.717, 1.165) is 25.2 Å². The van der Waals surface area contributed by atoms with Gasteiger partial charge in [0.1, 0.15) is 0 Å². The Kier molecular flexibility index (Phi) is 3.52. The van der Waals surface area contributed by atoms with Crippen LogP contribution in [0, 0.1) is 34.5 Å². The molecule has 8 unspecified atom stereocenters. The first-order valence-corrected chi connectivity index (χ1v) is 9.81. The third kappa shape index (κ3) is 1.93. The molecule has 0 amide bonds. The second-order valence-corrected chi connectivity index (χ2v) is 9.89. The Morgan fingerprint density at radius 2 is 1.65 bits per heavy atom.